The highest BCUT2D eigenvalue weighted by Gasteiger charge is 2.18. The highest BCUT2D eigenvalue weighted by atomic mass is 35.5. The molecule has 19 heavy (non-hydrogen) atoms. The maximum atomic E-state index is 12.2. The van der Waals surface area contributed by atoms with Gasteiger partial charge in [-0.15, -0.1) is 11.3 Å². The number of rotatable bonds is 4. The summed E-state index contributed by atoms with van der Waals surface area (Å²) >= 11 is 6.94. The van der Waals surface area contributed by atoms with E-state index in [1.807, 2.05) is 6.92 Å². The quantitative estimate of drug-likeness (QED) is 0.911. The van der Waals surface area contributed by atoms with Crippen molar-refractivity contribution in [2.45, 2.75) is 17.7 Å². The van der Waals surface area contributed by atoms with Gasteiger partial charge >= 0.3 is 0 Å². The molecule has 0 saturated heterocycles. The minimum absolute atomic E-state index is 0.264. The number of nitrogens with one attached hydrogen (secondary N) is 1. The molecule has 1 aromatic heterocycles. The van der Waals surface area contributed by atoms with Crippen molar-refractivity contribution < 1.29 is 8.42 Å². The van der Waals surface area contributed by atoms with E-state index in [2.05, 4.69) is 4.72 Å². The third-order valence-electron chi connectivity index (χ3n) is 2.54. The van der Waals surface area contributed by atoms with Crippen LogP contribution in [0.15, 0.2) is 34.5 Å². The summed E-state index contributed by atoms with van der Waals surface area (Å²) in [6, 6.07) is 8.12. The summed E-state index contributed by atoms with van der Waals surface area (Å²) in [4.78, 5) is 0.872. The number of aryl methyl sites for hydroxylation is 1. The highest BCUT2D eigenvalue weighted by molar-refractivity contribution is 7.94. The fourth-order valence-electron chi connectivity index (χ4n) is 1.55. The highest BCUT2D eigenvalue weighted by Crippen LogP contribution is 2.27. The van der Waals surface area contributed by atoms with Crippen LogP contribution in [-0.4, -0.2) is 8.42 Å². The van der Waals surface area contributed by atoms with Crippen LogP contribution in [0.2, 0.25) is 5.02 Å². The van der Waals surface area contributed by atoms with Gasteiger partial charge < -0.3 is 5.73 Å². The Kier molecular flexibility index (Phi) is 4.15. The van der Waals surface area contributed by atoms with E-state index in [-0.39, 0.29) is 4.21 Å². The molecule has 0 fully saturated rings. The van der Waals surface area contributed by atoms with Crippen LogP contribution >= 0.6 is 22.9 Å². The van der Waals surface area contributed by atoms with Gasteiger partial charge in [-0.3, -0.25) is 4.72 Å². The molecule has 2 rings (SSSR count). The molecule has 7 heteroatoms. The lowest BCUT2D eigenvalue weighted by Crippen LogP contribution is -2.11. The monoisotopic (exact) mass is 316 g/mol. The Morgan fingerprint density at radius 2 is 1.95 bits per heavy atom. The number of sulfonamides is 1. The second-order valence-corrected chi connectivity index (χ2v) is 7.47. The summed E-state index contributed by atoms with van der Waals surface area (Å²) in [6.45, 7) is 2.19. The number of benzene rings is 1. The molecule has 0 bridgehead atoms. The zero-order valence-corrected chi connectivity index (χ0v) is 12.6. The Morgan fingerprint density at radius 1 is 1.32 bits per heavy atom. The van der Waals surface area contributed by atoms with Gasteiger partial charge in [0.2, 0.25) is 0 Å². The Labute approximate surface area is 121 Å². The van der Waals surface area contributed by atoms with Crippen LogP contribution in [0.5, 0.6) is 0 Å². The summed E-state index contributed by atoms with van der Waals surface area (Å²) in [6.07, 6.45) is 0. The van der Waals surface area contributed by atoms with Gasteiger partial charge in [-0.1, -0.05) is 11.6 Å². The lowest BCUT2D eigenvalue weighted by Gasteiger charge is -2.05. The second-order valence-electron chi connectivity index (χ2n) is 3.99. The van der Waals surface area contributed by atoms with E-state index in [0.717, 1.165) is 10.4 Å². The Morgan fingerprint density at radius 3 is 2.47 bits per heavy atom. The number of nitrogens with two attached hydrogens (primary N) is 1. The predicted octanol–water partition coefficient (Wildman–Crippen LogP) is 2.97. The first-order valence-corrected chi connectivity index (χ1v) is 8.18. The molecule has 0 saturated carbocycles. The molecule has 0 aliphatic heterocycles. The van der Waals surface area contributed by atoms with E-state index >= 15 is 0 Å². The van der Waals surface area contributed by atoms with Crippen molar-refractivity contribution in [1.82, 2.24) is 0 Å². The van der Waals surface area contributed by atoms with Crippen LogP contribution in [0.4, 0.5) is 5.69 Å². The molecule has 2 aromatic rings. The average molecular weight is 317 g/mol. The maximum absolute atomic E-state index is 12.2. The predicted molar refractivity (Wildman–Crippen MR) is 79.2 cm³/mol. The second kappa shape index (κ2) is 5.50. The molecule has 4 nitrogen and oxygen atoms in total. The maximum Gasteiger partial charge on any atom is 0.271 e. The third kappa shape index (κ3) is 3.27. The van der Waals surface area contributed by atoms with Crippen LogP contribution in [0.25, 0.3) is 0 Å². The summed E-state index contributed by atoms with van der Waals surface area (Å²) in [5.74, 6) is 0. The molecule has 0 aliphatic carbocycles. The van der Waals surface area contributed by atoms with Crippen LogP contribution in [0, 0.1) is 6.92 Å². The van der Waals surface area contributed by atoms with Crippen molar-refractivity contribution in [3.63, 3.8) is 0 Å². The third-order valence-corrected chi connectivity index (χ3v) is 5.91. The van der Waals surface area contributed by atoms with Crippen molar-refractivity contribution in [3.8, 4) is 0 Å². The molecule has 0 unspecified atom stereocenters. The minimum Gasteiger partial charge on any atom is -0.326 e. The molecule has 0 amide bonds. The van der Waals surface area contributed by atoms with E-state index in [1.165, 1.54) is 11.3 Å². The first kappa shape index (κ1) is 14.3. The molecule has 102 valence electrons. The van der Waals surface area contributed by atoms with E-state index < -0.39 is 10.0 Å². The van der Waals surface area contributed by atoms with E-state index in [0.29, 0.717) is 17.3 Å². The van der Waals surface area contributed by atoms with Gasteiger partial charge in [0, 0.05) is 22.1 Å². The normalized spacial score (nSPS) is 11.5. The zero-order chi connectivity index (χ0) is 14.0. The van der Waals surface area contributed by atoms with Crippen molar-refractivity contribution in [1.29, 1.82) is 0 Å². The van der Waals surface area contributed by atoms with Crippen molar-refractivity contribution in [2.24, 2.45) is 5.73 Å². The Hall–Kier alpha value is -1.08. The average Bonchev–Trinajstić information content (AvgIpc) is 2.74. The van der Waals surface area contributed by atoms with Gasteiger partial charge in [-0.25, -0.2) is 8.42 Å². The first-order valence-electron chi connectivity index (χ1n) is 5.50. The van der Waals surface area contributed by atoms with E-state index in [9.17, 15) is 8.42 Å². The number of halogens is 1. The Bertz CT molecular complexity index is 678. The molecule has 0 radical (unpaired) electrons. The molecule has 0 spiro atoms. The number of hydrogen-bond donors (Lipinski definition) is 2. The molecular weight excluding hydrogens is 304 g/mol. The molecule has 0 aliphatic rings. The van der Waals surface area contributed by atoms with Crippen LogP contribution in [0.1, 0.15) is 10.4 Å². The number of hydrogen-bond acceptors (Lipinski definition) is 4. The molecular formula is C12H13ClN2O2S2. The number of thiophene rings is 1. The summed E-state index contributed by atoms with van der Waals surface area (Å²) in [5.41, 5.74) is 6.93. The first-order chi connectivity index (χ1) is 8.92. The molecule has 1 aromatic carbocycles. The zero-order valence-electron chi connectivity index (χ0n) is 10.2. The summed E-state index contributed by atoms with van der Waals surface area (Å²) in [5, 5.41) is 0.556. The van der Waals surface area contributed by atoms with Crippen molar-refractivity contribution in [3.05, 3.63) is 45.8 Å². The fraction of sp³-hybridized carbons (Fsp3) is 0.167. The van der Waals surface area contributed by atoms with Gasteiger partial charge in [0.05, 0.1) is 0 Å². The summed E-state index contributed by atoms with van der Waals surface area (Å²) < 4.78 is 27.2. The smallest absolute Gasteiger partial charge is 0.271 e. The van der Waals surface area contributed by atoms with E-state index in [1.54, 1.807) is 30.3 Å². The lowest BCUT2D eigenvalue weighted by molar-refractivity contribution is 0.603. The molecule has 3 N–H and O–H groups in total. The molecule has 0 atom stereocenters. The van der Waals surface area contributed by atoms with Crippen LogP contribution in [0.3, 0.4) is 0 Å². The molecule has 1 heterocycles. The van der Waals surface area contributed by atoms with Gasteiger partial charge in [-0.2, -0.15) is 0 Å². The standard InChI is InChI=1S/C12H13ClN2O2S2/c1-8-6-12(18-11(8)7-14)19(16,17)15-10-4-2-9(13)3-5-10/h2-6,15H,7,14H2,1H3. The topological polar surface area (TPSA) is 72.2 Å². The van der Waals surface area contributed by atoms with Crippen molar-refractivity contribution in [2.75, 3.05) is 4.72 Å². The van der Waals surface area contributed by atoms with Gasteiger partial charge in [0.1, 0.15) is 4.21 Å². The SMILES string of the molecule is Cc1cc(S(=O)(=O)Nc2ccc(Cl)cc2)sc1CN. The van der Waals surface area contributed by atoms with Gasteiger partial charge in [0.15, 0.2) is 0 Å². The minimum atomic E-state index is -3.57. The lowest BCUT2D eigenvalue weighted by atomic mass is 10.3. The Balaban J connectivity index is 2.29. The van der Waals surface area contributed by atoms with E-state index in [4.69, 9.17) is 17.3 Å². The largest absolute Gasteiger partial charge is 0.326 e. The van der Waals surface area contributed by atoms with Crippen LogP contribution in [-0.2, 0) is 16.6 Å². The number of anilines is 1. The van der Waals surface area contributed by atoms with Crippen LogP contribution < -0.4 is 10.5 Å². The van der Waals surface area contributed by atoms with Gasteiger partial charge in [-0.05, 0) is 42.8 Å². The van der Waals surface area contributed by atoms with Crippen molar-refractivity contribution >= 4 is 38.6 Å². The van der Waals surface area contributed by atoms with Gasteiger partial charge in [0.25, 0.3) is 10.0 Å². The summed E-state index contributed by atoms with van der Waals surface area (Å²) in [7, 11) is -3.57. The fourth-order valence-corrected chi connectivity index (χ4v) is 4.20.